The van der Waals surface area contributed by atoms with E-state index in [0.717, 1.165) is 0 Å². The van der Waals surface area contributed by atoms with Crippen molar-refractivity contribution in [3.8, 4) is 34.3 Å². The minimum Gasteiger partial charge on any atom is -0.496 e. The molecule has 1 aliphatic rings. The van der Waals surface area contributed by atoms with Crippen LogP contribution in [0.3, 0.4) is 0 Å². The lowest BCUT2D eigenvalue weighted by molar-refractivity contribution is -0.221. The molecule has 1 aliphatic heterocycles. The van der Waals surface area contributed by atoms with Crippen molar-refractivity contribution in [3.63, 3.8) is 0 Å². The van der Waals surface area contributed by atoms with Crippen molar-refractivity contribution in [1.29, 1.82) is 0 Å². The number of pyridine rings is 1. The zero-order valence-corrected chi connectivity index (χ0v) is 23.6. The highest BCUT2D eigenvalue weighted by Gasteiger charge is 2.49. The number of ether oxygens (including phenoxy) is 5. The summed E-state index contributed by atoms with van der Waals surface area (Å²) in [7, 11) is 5.63. The lowest BCUT2D eigenvalue weighted by atomic mass is 9.89. The molecule has 1 saturated heterocycles. The first kappa shape index (κ1) is 29.8. The van der Waals surface area contributed by atoms with E-state index in [0.29, 0.717) is 22.7 Å². The van der Waals surface area contributed by atoms with Crippen LogP contribution >= 0.6 is 0 Å². The molecule has 5 rings (SSSR count). The summed E-state index contributed by atoms with van der Waals surface area (Å²) in [5.41, 5.74) is 0.530. The SMILES string of the molecule is COc1ccc(-c2cc(=O)c3c(OC)c(C4OC(C(=O)Nc5ccncc5)C(O)C(O)C4O)c(OC)cc3o2)cc1OC. The second kappa shape index (κ2) is 12.3. The molecule has 5 atom stereocenters. The van der Waals surface area contributed by atoms with E-state index in [1.807, 2.05) is 0 Å². The number of nitrogens with one attached hydrogen (secondary N) is 1. The Bertz CT molecular complexity index is 1690. The number of hydrogen-bond donors (Lipinski definition) is 4. The molecule has 5 unspecified atom stereocenters. The lowest BCUT2D eigenvalue weighted by Gasteiger charge is -2.40. The lowest BCUT2D eigenvalue weighted by Crippen LogP contribution is -2.57. The molecule has 0 bridgehead atoms. The second-order valence-electron chi connectivity index (χ2n) is 9.62. The zero-order chi connectivity index (χ0) is 30.8. The first-order chi connectivity index (χ1) is 20.7. The number of fused-ring (bicyclic) bond motifs is 1. The van der Waals surface area contributed by atoms with Crippen LogP contribution in [0.15, 0.2) is 64.1 Å². The van der Waals surface area contributed by atoms with Crippen LogP contribution in [0.1, 0.15) is 11.7 Å². The van der Waals surface area contributed by atoms with Gasteiger partial charge >= 0.3 is 0 Å². The Morgan fingerprint density at radius 3 is 2.19 bits per heavy atom. The number of benzene rings is 2. The summed E-state index contributed by atoms with van der Waals surface area (Å²) in [5, 5.41) is 35.0. The van der Waals surface area contributed by atoms with Gasteiger partial charge in [-0.25, -0.2) is 0 Å². The molecule has 3 heterocycles. The Labute approximate surface area is 245 Å². The fourth-order valence-electron chi connectivity index (χ4n) is 5.05. The molecule has 1 amide bonds. The summed E-state index contributed by atoms with van der Waals surface area (Å²) in [5.74, 6) is 0.359. The molecule has 4 aromatic rings. The summed E-state index contributed by atoms with van der Waals surface area (Å²) in [6, 6.07) is 10.8. The standard InChI is InChI=1S/C30H30N2O11/c1-38-17-6-5-14(11-19(17)39-2)18-12-16(33)22-21(42-18)13-20(40-3)23(27(22)41-4)28-25(35)24(34)26(36)29(43-28)30(37)32-15-7-9-31-10-8-15/h5-13,24-26,28-29,34-36H,1-4H3,(H,31,32,37). The molecule has 226 valence electrons. The molecule has 2 aromatic carbocycles. The van der Waals surface area contributed by atoms with Gasteiger partial charge in [0.25, 0.3) is 5.91 Å². The highest BCUT2D eigenvalue weighted by molar-refractivity contribution is 5.95. The smallest absolute Gasteiger partial charge is 0.256 e. The Kier molecular flexibility index (Phi) is 8.50. The molecule has 1 fully saturated rings. The summed E-state index contributed by atoms with van der Waals surface area (Å²) in [4.78, 5) is 30.5. The third kappa shape index (κ3) is 5.46. The molecule has 0 radical (unpaired) electrons. The molecule has 0 spiro atoms. The van der Waals surface area contributed by atoms with Gasteiger partial charge in [-0.1, -0.05) is 0 Å². The largest absolute Gasteiger partial charge is 0.496 e. The third-order valence-electron chi connectivity index (χ3n) is 7.17. The van der Waals surface area contributed by atoms with E-state index in [9.17, 15) is 24.9 Å². The predicted octanol–water partition coefficient (Wildman–Crippen LogP) is 2.05. The molecule has 43 heavy (non-hydrogen) atoms. The average molecular weight is 595 g/mol. The normalized spacial score (nSPS) is 21.7. The van der Waals surface area contributed by atoms with Crippen molar-refractivity contribution in [2.24, 2.45) is 0 Å². The first-order valence-corrected chi connectivity index (χ1v) is 13.1. The number of aliphatic hydroxyl groups excluding tert-OH is 3. The van der Waals surface area contributed by atoms with Gasteiger partial charge in [-0.2, -0.15) is 0 Å². The van der Waals surface area contributed by atoms with Crippen LogP contribution in [-0.2, 0) is 9.53 Å². The summed E-state index contributed by atoms with van der Waals surface area (Å²) >= 11 is 0. The maximum atomic E-state index is 13.5. The van der Waals surface area contributed by atoms with Crippen molar-refractivity contribution in [1.82, 2.24) is 4.98 Å². The van der Waals surface area contributed by atoms with E-state index in [-0.39, 0.29) is 33.8 Å². The van der Waals surface area contributed by atoms with Crippen LogP contribution < -0.4 is 29.7 Å². The van der Waals surface area contributed by atoms with Gasteiger partial charge in [0.2, 0.25) is 0 Å². The average Bonchev–Trinajstić information content (AvgIpc) is 3.02. The summed E-state index contributed by atoms with van der Waals surface area (Å²) < 4.78 is 33.9. The Morgan fingerprint density at radius 2 is 1.53 bits per heavy atom. The van der Waals surface area contributed by atoms with Crippen molar-refractivity contribution >= 4 is 22.6 Å². The zero-order valence-electron chi connectivity index (χ0n) is 23.6. The number of aromatic nitrogens is 1. The van der Waals surface area contributed by atoms with Crippen molar-refractivity contribution < 1.29 is 48.2 Å². The highest BCUT2D eigenvalue weighted by Crippen LogP contribution is 2.46. The minimum atomic E-state index is -1.80. The van der Waals surface area contributed by atoms with E-state index in [1.165, 1.54) is 65.1 Å². The van der Waals surface area contributed by atoms with E-state index in [4.69, 9.17) is 28.1 Å². The van der Waals surface area contributed by atoms with Crippen LogP contribution in [0.4, 0.5) is 5.69 Å². The van der Waals surface area contributed by atoms with Crippen LogP contribution in [-0.4, -0.2) is 79.1 Å². The fourth-order valence-corrected chi connectivity index (χ4v) is 5.05. The Balaban J connectivity index is 1.60. The maximum absolute atomic E-state index is 13.5. The van der Waals surface area contributed by atoms with Gasteiger partial charge in [0.1, 0.15) is 52.6 Å². The van der Waals surface area contributed by atoms with Gasteiger partial charge in [-0.05, 0) is 30.3 Å². The Hall–Kier alpha value is -4.69. The fraction of sp³-hybridized carbons (Fsp3) is 0.300. The van der Waals surface area contributed by atoms with Crippen molar-refractivity contribution in [2.45, 2.75) is 30.5 Å². The van der Waals surface area contributed by atoms with Gasteiger partial charge < -0.3 is 48.7 Å². The molecule has 13 heteroatoms. The van der Waals surface area contributed by atoms with Crippen LogP contribution in [0.5, 0.6) is 23.0 Å². The van der Waals surface area contributed by atoms with Crippen molar-refractivity contribution in [2.75, 3.05) is 33.8 Å². The number of hydrogen-bond acceptors (Lipinski definition) is 12. The van der Waals surface area contributed by atoms with Crippen molar-refractivity contribution in [3.05, 3.63) is 70.6 Å². The number of amides is 1. The van der Waals surface area contributed by atoms with Gasteiger partial charge in [0.05, 0.1) is 34.0 Å². The summed E-state index contributed by atoms with van der Waals surface area (Å²) in [6.07, 6.45) is -5.49. The highest BCUT2D eigenvalue weighted by atomic mass is 16.5. The molecule has 0 saturated carbocycles. The monoisotopic (exact) mass is 594 g/mol. The number of nitrogens with zero attached hydrogens (tertiary/aromatic N) is 1. The number of aliphatic hydroxyl groups is 3. The molecule has 2 aromatic heterocycles. The van der Waals surface area contributed by atoms with E-state index in [1.54, 1.807) is 18.2 Å². The predicted molar refractivity (Wildman–Crippen MR) is 153 cm³/mol. The second-order valence-corrected chi connectivity index (χ2v) is 9.62. The van der Waals surface area contributed by atoms with Gasteiger partial charge in [-0.15, -0.1) is 0 Å². The number of carbonyl (C=O) groups is 1. The van der Waals surface area contributed by atoms with Crippen LogP contribution in [0.25, 0.3) is 22.3 Å². The van der Waals surface area contributed by atoms with Gasteiger partial charge in [0.15, 0.2) is 23.0 Å². The number of methoxy groups -OCH3 is 4. The number of anilines is 1. The molecule has 13 nitrogen and oxygen atoms in total. The van der Waals surface area contributed by atoms with Crippen LogP contribution in [0.2, 0.25) is 0 Å². The summed E-state index contributed by atoms with van der Waals surface area (Å²) in [6.45, 7) is 0. The topological polar surface area (TPSA) is 179 Å². The number of carbonyl (C=O) groups excluding carboxylic acids is 1. The Morgan fingerprint density at radius 1 is 0.837 bits per heavy atom. The number of rotatable bonds is 8. The third-order valence-corrected chi connectivity index (χ3v) is 7.17. The first-order valence-electron chi connectivity index (χ1n) is 13.1. The molecular formula is C30H30N2O11. The van der Waals surface area contributed by atoms with Gasteiger partial charge in [0, 0.05) is 35.8 Å². The molecule has 0 aliphatic carbocycles. The van der Waals surface area contributed by atoms with Crippen LogP contribution in [0, 0.1) is 0 Å². The van der Waals surface area contributed by atoms with E-state index < -0.39 is 41.9 Å². The molecular weight excluding hydrogens is 564 g/mol. The van der Waals surface area contributed by atoms with E-state index in [2.05, 4.69) is 10.3 Å². The van der Waals surface area contributed by atoms with E-state index >= 15 is 0 Å². The quantitative estimate of drug-likeness (QED) is 0.234. The molecule has 4 N–H and O–H groups in total. The van der Waals surface area contributed by atoms with Gasteiger partial charge in [-0.3, -0.25) is 14.6 Å². The maximum Gasteiger partial charge on any atom is 0.256 e. The minimum absolute atomic E-state index is 0.00303.